The number of nitro benzene ring substituents is 1. The van der Waals surface area contributed by atoms with Gasteiger partial charge in [0.25, 0.3) is 11.6 Å². The average molecular weight is 421 g/mol. The molecule has 0 aliphatic carbocycles. The Morgan fingerprint density at radius 1 is 1.00 bits per heavy atom. The van der Waals surface area contributed by atoms with Crippen molar-refractivity contribution >= 4 is 17.3 Å². The molecule has 160 valence electrons. The quantitative estimate of drug-likeness (QED) is 0.397. The minimum Gasteiger partial charge on any atom is -0.493 e. The number of carbonyl (C=O) groups is 1. The lowest BCUT2D eigenvalue weighted by Gasteiger charge is -2.14. The normalized spacial score (nSPS) is 10.3. The van der Waals surface area contributed by atoms with Crippen LogP contribution in [0.2, 0.25) is 0 Å². The Morgan fingerprint density at radius 2 is 1.77 bits per heavy atom. The molecule has 0 saturated carbocycles. The summed E-state index contributed by atoms with van der Waals surface area (Å²) in [5.41, 5.74) is 2.49. The Labute approximate surface area is 180 Å². The summed E-state index contributed by atoms with van der Waals surface area (Å²) < 4.78 is 11.3. The van der Waals surface area contributed by atoms with E-state index in [4.69, 9.17) is 9.47 Å². The first-order valence-corrected chi connectivity index (χ1v) is 9.60. The van der Waals surface area contributed by atoms with E-state index < -0.39 is 10.8 Å². The molecule has 8 nitrogen and oxygen atoms in total. The Morgan fingerprint density at radius 3 is 2.45 bits per heavy atom. The number of carbonyl (C=O) groups excluding carboxylic acids is 1. The predicted molar refractivity (Wildman–Crippen MR) is 118 cm³/mol. The van der Waals surface area contributed by atoms with Crippen molar-refractivity contribution in [3.63, 3.8) is 0 Å². The Kier molecular flexibility index (Phi) is 7.05. The van der Waals surface area contributed by atoms with E-state index in [0.717, 1.165) is 11.1 Å². The summed E-state index contributed by atoms with van der Waals surface area (Å²) in [4.78, 5) is 22.6. The van der Waals surface area contributed by atoms with E-state index in [1.54, 1.807) is 7.11 Å². The van der Waals surface area contributed by atoms with Crippen LogP contribution in [0, 0.1) is 10.1 Å². The molecule has 0 atom stereocenters. The molecule has 0 saturated heterocycles. The third-order valence-electron chi connectivity index (χ3n) is 4.63. The minimum absolute atomic E-state index is 0.147. The molecular weight excluding hydrogens is 398 g/mol. The van der Waals surface area contributed by atoms with Gasteiger partial charge in [-0.1, -0.05) is 36.4 Å². The molecule has 3 aromatic rings. The van der Waals surface area contributed by atoms with Gasteiger partial charge in [0.1, 0.15) is 6.61 Å². The first-order valence-electron chi connectivity index (χ1n) is 9.60. The SMILES string of the molecule is CNC(=O)c1cc([N+](=O)[O-])ccc1NCc1ccc(OCc2ccccc2)c(OC)c1. The highest BCUT2D eigenvalue weighted by atomic mass is 16.6. The molecule has 0 unspecified atom stereocenters. The smallest absolute Gasteiger partial charge is 0.270 e. The lowest BCUT2D eigenvalue weighted by atomic mass is 10.1. The molecule has 0 fully saturated rings. The van der Waals surface area contributed by atoms with Crippen molar-refractivity contribution in [3.05, 3.63) is 93.5 Å². The van der Waals surface area contributed by atoms with Crippen LogP contribution in [-0.2, 0) is 13.2 Å². The number of hydrogen-bond acceptors (Lipinski definition) is 6. The molecule has 0 aliphatic heterocycles. The van der Waals surface area contributed by atoms with Crippen molar-refractivity contribution < 1.29 is 19.2 Å². The summed E-state index contributed by atoms with van der Waals surface area (Å²) in [5, 5.41) is 16.7. The van der Waals surface area contributed by atoms with Crippen LogP contribution in [0.3, 0.4) is 0 Å². The van der Waals surface area contributed by atoms with E-state index in [1.165, 1.54) is 25.2 Å². The number of non-ortho nitro benzene ring substituents is 1. The molecule has 2 N–H and O–H groups in total. The van der Waals surface area contributed by atoms with E-state index in [0.29, 0.717) is 30.3 Å². The van der Waals surface area contributed by atoms with Crippen molar-refractivity contribution in [2.75, 3.05) is 19.5 Å². The third kappa shape index (κ3) is 5.51. The second kappa shape index (κ2) is 10.1. The number of nitrogens with zero attached hydrogens (tertiary/aromatic N) is 1. The van der Waals surface area contributed by atoms with Gasteiger partial charge >= 0.3 is 0 Å². The third-order valence-corrected chi connectivity index (χ3v) is 4.63. The van der Waals surface area contributed by atoms with Gasteiger partial charge in [-0.05, 0) is 29.3 Å². The highest BCUT2D eigenvalue weighted by Gasteiger charge is 2.16. The van der Waals surface area contributed by atoms with Crippen LogP contribution < -0.4 is 20.1 Å². The maximum Gasteiger partial charge on any atom is 0.270 e. The topological polar surface area (TPSA) is 103 Å². The number of anilines is 1. The standard InChI is InChI=1S/C23H23N3O5/c1-24-23(27)19-13-18(26(28)29)9-10-20(19)25-14-17-8-11-21(22(12-17)30-2)31-15-16-6-4-3-5-7-16/h3-13,25H,14-15H2,1-2H3,(H,24,27). The largest absolute Gasteiger partial charge is 0.493 e. The van der Waals surface area contributed by atoms with E-state index in [1.807, 2.05) is 48.5 Å². The van der Waals surface area contributed by atoms with Gasteiger partial charge in [0.05, 0.1) is 17.6 Å². The molecule has 0 aliphatic rings. The molecular formula is C23H23N3O5. The van der Waals surface area contributed by atoms with Crippen molar-refractivity contribution in [2.24, 2.45) is 0 Å². The summed E-state index contributed by atoms with van der Waals surface area (Å²) in [6, 6.07) is 19.5. The van der Waals surface area contributed by atoms with Gasteiger partial charge in [0.2, 0.25) is 0 Å². The second-order valence-corrected chi connectivity index (χ2v) is 6.68. The van der Waals surface area contributed by atoms with Crippen molar-refractivity contribution in [3.8, 4) is 11.5 Å². The second-order valence-electron chi connectivity index (χ2n) is 6.68. The van der Waals surface area contributed by atoms with E-state index in [-0.39, 0.29) is 11.3 Å². The van der Waals surface area contributed by atoms with Crippen LogP contribution in [0.4, 0.5) is 11.4 Å². The first kappa shape index (κ1) is 21.6. The summed E-state index contributed by atoms with van der Waals surface area (Å²) in [6.45, 7) is 0.810. The maximum atomic E-state index is 12.1. The Balaban J connectivity index is 1.73. The number of nitro groups is 1. The average Bonchev–Trinajstić information content (AvgIpc) is 2.81. The number of nitrogens with one attached hydrogen (secondary N) is 2. The van der Waals surface area contributed by atoms with Gasteiger partial charge < -0.3 is 20.1 Å². The summed E-state index contributed by atoms with van der Waals surface area (Å²) in [7, 11) is 3.05. The monoisotopic (exact) mass is 421 g/mol. The van der Waals surface area contributed by atoms with Crippen LogP contribution >= 0.6 is 0 Å². The number of ether oxygens (including phenoxy) is 2. The van der Waals surface area contributed by atoms with Crippen molar-refractivity contribution in [2.45, 2.75) is 13.2 Å². The Hall–Kier alpha value is -4.07. The van der Waals surface area contributed by atoms with Gasteiger partial charge in [-0.15, -0.1) is 0 Å². The lowest BCUT2D eigenvalue weighted by Crippen LogP contribution is -2.20. The molecule has 1 amide bonds. The fourth-order valence-electron chi connectivity index (χ4n) is 3.00. The lowest BCUT2D eigenvalue weighted by molar-refractivity contribution is -0.384. The van der Waals surface area contributed by atoms with Gasteiger partial charge in [-0.3, -0.25) is 14.9 Å². The fourth-order valence-corrected chi connectivity index (χ4v) is 3.00. The summed E-state index contributed by atoms with van der Waals surface area (Å²) >= 11 is 0. The van der Waals surface area contributed by atoms with Crippen LogP contribution in [0.25, 0.3) is 0 Å². The van der Waals surface area contributed by atoms with E-state index >= 15 is 0 Å². The number of amides is 1. The first-order chi connectivity index (χ1) is 15.0. The molecule has 3 rings (SSSR count). The predicted octanol–water partition coefficient (Wildman–Crippen LogP) is 4.15. The van der Waals surface area contributed by atoms with Crippen LogP contribution in [0.15, 0.2) is 66.7 Å². The highest BCUT2D eigenvalue weighted by Crippen LogP contribution is 2.30. The fraction of sp³-hybridized carbons (Fsp3) is 0.174. The molecule has 3 aromatic carbocycles. The molecule has 8 heteroatoms. The number of benzene rings is 3. The number of methoxy groups -OCH3 is 1. The van der Waals surface area contributed by atoms with Gasteiger partial charge in [0.15, 0.2) is 11.5 Å². The zero-order valence-electron chi connectivity index (χ0n) is 17.3. The number of hydrogen-bond donors (Lipinski definition) is 2. The van der Waals surface area contributed by atoms with Crippen LogP contribution in [0.5, 0.6) is 11.5 Å². The Bertz CT molecular complexity index is 1070. The molecule has 31 heavy (non-hydrogen) atoms. The van der Waals surface area contributed by atoms with Crippen LogP contribution in [0.1, 0.15) is 21.5 Å². The molecule has 0 radical (unpaired) electrons. The van der Waals surface area contributed by atoms with Gasteiger partial charge in [-0.25, -0.2) is 0 Å². The van der Waals surface area contributed by atoms with E-state index in [2.05, 4.69) is 10.6 Å². The summed E-state index contributed by atoms with van der Waals surface area (Å²) in [5.74, 6) is 0.801. The summed E-state index contributed by atoms with van der Waals surface area (Å²) in [6.07, 6.45) is 0. The zero-order chi connectivity index (χ0) is 22.2. The maximum absolute atomic E-state index is 12.1. The zero-order valence-corrected chi connectivity index (χ0v) is 17.3. The van der Waals surface area contributed by atoms with Crippen molar-refractivity contribution in [1.29, 1.82) is 0 Å². The van der Waals surface area contributed by atoms with Gasteiger partial charge in [-0.2, -0.15) is 0 Å². The van der Waals surface area contributed by atoms with Crippen LogP contribution in [-0.4, -0.2) is 25.0 Å². The number of rotatable bonds is 9. The molecule has 0 bridgehead atoms. The molecule has 0 spiro atoms. The molecule has 0 aromatic heterocycles. The van der Waals surface area contributed by atoms with Gasteiger partial charge in [0, 0.05) is 31.4 Å². The van der Waals surface area contributed by atoms with Crippen molar-refractivity contribution in [1.82, 2.24) is 5.32 Å². The highest BCUT2D eigenvalue weighted by molar-refractivity contribution is 6.00. The minimum atomic E-state index is -0.532. The molecule has 0 heterocycles. The van der Waals surface area contributed by atoms with E-state index in [9.17, 15) is 14.9 Å².